The number of hydrogen-bond donors (Lipinski definition) is 1. The maximum atomic E-state index is 12.6. The molecule has 0 unspecified atom stereocenters. The Labute approximate surface area is 157 Å². The van der Waals surface area contributed by atoms with Crippen molar-refractivity contribution in [2.75, 3.05) is 15.9 Å². The van der Waals surface area contributed by atoms with Gasteiger partial charge in [-0.3, -0.25) is 9.10 Å². The van der Waals surface area contributed by atoms with Gasteiger partial charge in [-0.2, -0.15) is 0 Å². The molecule has 2 rings (SSSR count). The number of nitrogens with one attached hydrogen (secondary N) is 1. The van der Waals surface area contributed by atoms with E-state index in [1.54, 1.807) is 43.3 Å². The fraction of sp³-hybridized carbons (Fsp3) is 0.278. The van der Waals surface area contributed by atoms with Gasteiger partial charge in [0.1, 0.15) is 6.04 Å². The minimum Gasteiger partial charge on any atom is -0.324 e. The number of nitrogens with zero attached hydrogens (tertiary/aromatic N) is 1. The summed E-state index contributed by atoms with van der Waals surface area (Å²) in [6, 6.07) is 13.4. The molecule has 0 radical (unpaired) electrons. The van der Waals surface area contributed by atoms with Gasteiger partial charge in [-0.1, -0.05) is 35.0 Å². The Hall–Kier alpha value is -1.86. The van der Waals surface area contributed by atoms with E-state index in [0.717, 1.165) is 27.0 Å². The van der Waals surface area contributed by atoms with Crippen LogP contribution in [0.15, 0.2) is 53.0 Å². The van der Waals surface area contributed by atoms with E-state index >= 15 is 0 Å². The highest BCUT2D eigenvalue weighted by molar-refractivity contribution is 9.10. The average molecular weight is 425 g/mol. The van der Waals surface area contributed by atoms with Crippen LogP contribution in [0.1, 0.15) is 19.4 Å². The van der Waals surface area contributed by atoms with E-state index in [-0.39, 0.29) is 0 Å². The van der Waals surface area contributed by atoms with Gasteiger partial charge in [-0.15, -0.1) is 0 Å². The van der Waals surface area contributed by atoms with Gasteiger partial charge in [-0.05, 0) is 55.3 Å². The standard InChI is InChI=1S/C18H21BrN2O3S/c1-4-14-5-11-17(12-6-14)21(25(3,23)24)13(2)18(22)20-16-9-7-15(19)8-10-16/h5-13H,4H2,1-3H3,(H,20,22)/t13-/m0/s1. The fourth-order valence-electron chi connectivity index (χ4n) is 2.47. The fourth-order valence-corrected chi connectivity index (χ4v) is 3.91. The van der Waals surface area contributed by atoms with Crippen molar-refractivity contribution in [1.29, 1.82) is 0 Å². The number of rotatable bonds is 6. The number of hydrogen-bond acceptors (Lipinski definition) is 3. The van der Waals surface area contributed by atoms with E-state index in [9.17, 15) is 13.2 Å². The Bertz CT molecular complexity index is 834. The van der Waals surface area contributed by atoms with Crippen LogP contribution in [0, 0.1) is 0 Å². The Morgan fingerprint density at radius 1 is 1.12 bits per heavy atom. The van der Waals surface area contributed by atoms with Crippen molar-refractivity contribution in [3.63, 3.8) is 0 Å². The third-order valence-corrected chi connectivity index (χ3v) is 5.57. The summed E-state index contributed by atoms with van der Waals surface area (Å²) < 4.78 is 26.6. The van der Waals surface area contributed by atoms with Gasteiger partial charge >= 0.3 is 0 Å². The lowest BCUT2D eigenvalue weighted by atomic mass is 10.1. The normalized spacial score (nSPS) is 12.5. The summed E-state index contributed by atoms with van der Waals surface area (Å²) in [5, 5.41) is 2.75. The number of sulfonamides is 1. The lowest BCUT2D eigenvalue weighted by molar-refractivity contribution is -0.116. The second-order valence-electron chi connectivity index (χ2n) is 5.75. The van der Waals surface area contributed by atoms with Crippen LogP contribution >= 0.6 is 15.9 Å². The first kappa shape index (κ1) is 19.5. The summed E-state index contributed by atoms with van der Waals surface area (Å²) in [7, 11) is -3.62. The van der Waals surface area contributed by atoms with E-state index < -0.39 is 22.0 Å². The van der Waals surface area contributed by atoms with Crippen LogP contribution in [0.5, 0.6) is 0 Å². The number of carbonyl (C=O) groups excluding carboxylic acids is 1. The van der Waals surface area contributed by atoms with Crippen molar-refractivity contribution in [3.05, 3.63) is 58.6 Å². The van der Waals surface area contributed by atoms with Gasteiger partial charge in [0.05, 0.1) is 11.9 Å². The average Bonchev–Trinajstić information content (AvgIpc) is 2.56. The smallest absolute Gasteiger partial charge is 0.247 e. The molecule has 0 aliphatic rings. The molecule has 25 heavy (non-hydrogen) atoms. The molecule has 2 aromatic carbocycles. The summed E-state index contributed by atoms with van der Waals surface area (Å²) in [5.74, 6) is -0.396. The summed E-state index contributed by atoms with van der Waals surface area (Å²) in [4.78, 5) is 12.6. The van der Waals surface area contributed by atoms with E-state index in [0.29, 0.717) is 11.4 Å². The highest BCUT2D eigenvalue weighted by Gasteiger charge is 2.29. The third kappa shape index (κ3) is 5.06. The van der Waals surface area contributed by atoms with Crippen LogP contribution in [-0.2, 0) is 21.2 Å². The molecule has 0 heterocycles. The molecule has 134 valence electrons. The highest BCUT2D eigenvalue weighted by atomic mass is 79.9. The molecule has 5 nitrogen and oxygen atoms in total. The maximum Gasteiger partial charge on any atom is 0.247 e. The Kier molecular flexibility index (Phi) is 6.24. The minimum absolute atomic E-state index is 0.396. The van der Waals surface area contributed by atoms with E-state index in [4.69, 9.17) is 0 Å². The molecule has 0 saturated carbocycles. The lowest BCUT2D eigenvalue weighted by Crippen LogP contribution is -2.45. The zero-order valence-electron chi connectivity index (χ0n) is 14.4. The summed E-state index contributed by atoms with van der Waals surface area (Å²) in [6.07, 6.45) is 1.96. The van der Waals surface area contributed by atoms with Gasteiger partial charge in [0.15, 0.2) is 0 Å². The molecule has 1 N–H and O–H groups in total. The molecule has 0 saturated heterocycles. The number of halogens is 1. The summed E-state index contributed by atoms with van der Waals surface area (Å²) in [5.41, 5.74) is 2.18. The molecule has 0 spiro atoms. The zero-order valence-corrected chi connectivity index (χ0v) is 16.8. The maximum absolute atomic E-state index is 12.6. The molecule has 0 aromatic heterocycles. The van der Waals surface area contributed by atoms with Gasteiger partial charge in [0.2, 0.25) is 15.9 Å². The molecule has 0 fully saturated rings. The first-order chi connectivity index (χ1) is 11.7. The first-order valence-electron chi connectivity index (χ1n) is 7.87. The van der Waals surface area contributed by atoms with Crippen LogP contribution in [0.2, 0.25) is 0 Å². The molecule has 1 atom stereocenters. The molecule has 0 aliphatic heterocycles. The highest BCUT2D eigenvalue weighted by Crippen LogP contribution is 2.23. The minimum atomic E-state index is -3.62. The predicted molar refractivity (Wildman–Crippen MR) is 105 cm³/mol. The molecule has 7 heteroatoms. The van der Waals surface area contributed by atoms with Crippen LogP contribution in [0.3, 0.4) is 0 Å². The molecular formula is C18H21BrN2O3S. The van der Waals surface area contributed by atoms with Crippen LogP contribution < -0.4 is 9.62 Å². The van der Waals surface area contributed by atoms with Crippen molar-refractivity contribution < 1.29 is 13.2 Å². The summed E-state index contributed by atoms with van der Waals surface area (Å²) >= 11 is 3.33. The van der Waals surface area contributed by atoms with Crippen molar-refractivity contribution in [3.8, 4) is 0 Å². The third-order valence-electron chi connectivity index (χ3n) is 3.80. The van der Waals surface area contributed by atoms with Crippen molar-refractivity contribution in [1.82, 2.24) is 0 Å². The molecular weight excluding hydrogens is 404 g/mol. The van der Waals surface area contributed by atoms with Gasteiger partial charge in [0, 0.05) is 10.2 Å². The van der Waals surface area contributed by atoms with E-state index in [1.807, 2.05) is 19.1 Å². The monoisotopic (exact) mass is 424 g/mol. The first-order valence-corrected chi connectivity index (χ1v) is 10.5. The molecule has 0 aliphatic carbocycles. The summed E-state index contributed by atoms with van der Waals surface area (Å²) in [6.45, 7) is 3.60. The Morgan fingerprint density at radius 3 is 2.16 bits per heavy atom. The predicted octanol–water partition coefficient (Wildman–Crippen LogP) is 3.80. The Balaban J connectivity index is 2.27. The number of aryl methyl sites for hydroxylation is 1. The van der Waals surface area contributed by atoms with Crippen LogP contribution in [0.4, 0.5) is 11.4 Å². The van der Waals surface area contributed by atoms with E-state index in [2.05, 4.69) is 21.2 Å². The van der Waals surface area contributed by atoms with Crippen molar-refractivity contribution in [2.45, 2.75) is 26.3 Å². The number of amides is 1. The van der Waals surface area contributed by atoms with Crippen molar-refractivity contribution in [2.24, 2.45) is 0 Å². The van der Waals surface area contributed by atoms with Crippen LogP contribution in [-0.4, -0.2) is 26.6 Å². The molecule has 2 aromatic rings. The molecule has 0 bridgehead atoms. The molecule has 1 amide bonds. The largest absolute Gasteiger partial charge is 0.324 e. The Morgan fingerprint density at radius 2 is 1.68 bits per heavy atom. The number of anilines is 2. The lowest BCUT2D eigenvalue weighted by Gasteiger charge is -2.28. The topological polar surface area (TPSA) is 66.5 Å². The van der Waals surface area contributed by atoms with Crippen molar-refractivity contribution >= 4 is 43.2 Å². The SMILES string of the molecule is CCc1ccc(N([C@@H](C)C(=O)Nc2ccc(Br)cc2)S(C)(=O)=O)cc1. The number of benzene rings is 2. The number of carbonyl (C=O) groups is 1. The quantitative estimate of drug-likeness (QED) is 0.766. The second-order valence-corrected chi connectivity index (χ2v) is 8.53. The van der Waals surface area contributed by atoms with Gasteiger partial charge < -0.3 is 5.32 Å². The van der Waals surface area contributed by atoms with Crippen LogP contribution in [0.25, 0.3) is 0 Å². The van der Waals surface area contributed by atoms with E-state index in [1.165, 1.54) is 0 Å². The van der Waals surface area contributed by atoms with Gasteiger partial charge in [-0.25, -0.2) is 8.42 Å². The zero-order chi connectivity index (χ0) is 18.6. The van der Waals surface area contributed by atoms with Gasteiger partial charge in [0.25, 0.3) is 0 Å². The second kappa shape index (κ2) is 8.01.